The molecular weight excluding hydrogens is 595 g/mol. The van der Waals surface area contributed by atoms with Gasteiger partial charge in [-0.1, -0.05) is 22.6 Å². The van der Waals surface area contributed by atoms with Crippen molar-refractivity contribution in [2.24, 2.45) is 22.7 Å². The summed E-state index contributed by atoms with van der Waals surface area (Å²) in [5, 5.41) is 0. The van der Waals surface area contributed by atoms with Crippen molar-refractivity contribution in [1.29, 1.82) is 0 Å². The maximum atomic E-state index is 11.4. The molecule has 2 heterocycles. The monoisotopic (exact) mass is 646 g/mol. The summed E-state index contributed by atoms with van der Waals surface area (Å²) in [5.74, 6) is 1.26. The molecule has 0 radical (unpaired) electrons. The number of hydrogen-bond acceptors (Lipinski definition) is 6. The maximum Gasteiger partial charge on any atom is 0.305 e. The van der Waals surface area contributed by atoms with E-state index in [0.29, 0.717) is 23.9 Å². The SMILES string of the molecule is CCOC(=O)CCC[C@@H]1CC[C@]2(CCCC3(C2)OCCO3)C1.IC[C@@H]1CC[C@]2(CCCC3(C2)OCCO3)C1. The lowest BCUT2D eigenvalue weighted by Gasteiger charge is -2.43. The van der Waals surface area contributed by atoms with Gasteiger partial charge in [0.2, 0.25) is 0 Å². The largest absolute Gasteiger partial charge is 0.466 e. The van der Waals surface area contributed by atoms with Gasteiger partial charge in [0, 0.05) is 36.5 Å². The van der Waals surface area contributed by atoms with Crippen molar-refractivity contribution in [1.82, 2.24) is 0 Å². The molecule has 0 bridgehead atoms. The van der Waals surface area contributed by atoms with Crippen LogP contribution >= 0.6 is 22.6 Å². The zero-order valence-electron chi connectivity index (χ0n) is 23.7. The van der Waals surface area contributed by atoms with Crippen molar-refractivity contribution in [2.45, 2.75) is 128 Å². The summed E-state index contributed by atoms with van der Waals surface area (Å²) in [6.45, 7) is 5.51. The van der Waals surface area contributed by atoms with Crippen molar-refractivity contribution in [2.75, 3.05) is 37.5 Å². The molecule has 2 aliphatic heterocycles. The van der Waals surface area contributed by atoms with Crippen LogP contribution in [0.15, 0.2) is 0 Å². The first-order chi connectivity index (χ1) is 18.4. The number of ether oxygens (including phenoxy) is 5. The van der Waals surface area contributed by atoms with Gasteiger partial charge >= 0.3 is 5.97 Å². The first kappa shape index (κ1) is 29.5. The predicted octanol–water partition coefficient (Wildman–Crippen LogP) is 7.35. The van der Waals surface area contributed by atoms with Gasteiger partial charge in [0.1, 0.15) is 0 Å². The minimum Gasteiger partial charge on any atom is -0.466 e. The van der Waals surface area contributed by atoms with Gasteiger partial charge in [-0.2, -0.15) is 0 Å². The third-order valence-corrected chi connectivity index (χ3v) is 11.8. The van der Waals surface area contributed by atoms with E-state index in [-0.39, 0.29) is 17.5 Å². The van der Waals surface area contributed by atoms with Crippen LogP contribution in [0.2, 0.25) is 0 Å². The number of carbonyl (C=O) groups excluding carboxylic acids is 1. The smallest absolute Gasteiger partial charge is 0.305 e. The Morgan fingerprint density at radius 2 is 1.32 bits per heavy atom. The van der Waals surface area contributed by atoms with Crippen LogP contribution in [0, 0.1) is 22.7 Å². The Labute approximate surface area is 244 Å². The first-order valence-corrected chi connectivity index (χ1v) is 17.2. The fourth-order valence-electron chi connectivity index (χ4n) is 9.02. The molecule has 6 aliphatic rings. The Hall–Kier alpha value is 0.0400. The van der Waals surface area contributed by atoms with E-state index in [9.17, 15) is 4.79 Å². The van der Waals surface area contributed by atoms with Gasteiger partial charge in [-0.3, -0.25) is 4.79 Å². The van der Waals surface area contributed by atoms with Crippen LogP contribution in [-0.4, -0.2) is 55.0 Å². The highest BCUT2D eigenvalue weighted by molar-refractivity contribution is 14.1. The van der Waals surface area contributed by atoms with Gasteiger partial charge in [-0.25, -0.2) is 0 Å². The lowest BCUT2D eigenvalue weighted by Crippen LogP contribution is -2.41. The second-order valence-corrected chi connectivity index (χ2v) is 14.2. The second-order valence-electron chi connectivity index (χ2n) is 13.3. The molecule has 7 heteroatoms. The standard InChI is InChI=1S/C18H30O4.C13H21IO2/c1-2-20-16(19)6-3-5-15-7-10-17(13-15)8-4-9-18(14-17)21-11-12-22-18;14-9-11-2-5-12(8-11)3-1-4-13(10-12)15-6-7-16-13/h15H,2-14H2,1H3;11H,1-10H2/t15-,17-;11-,12-/m11/s1. The van der Waals surface area contributed by atoms with Gasteiger partial charge in [0.15, 0.2) is 11.6 Å². The van der Waals surface area contributed by atoms with E-state index in [4.69, 9.17) is 23.7 Å². The molecule has 0 aromatic carbocycles. The minimum absolute atomic E-state index is 0.0421. The van der Waals surface area contributed by atoms with E-state index in [1.807, 2.05) is 6.92 Å². The van der Waals surface area contributed by atoms with Crippen LogP contribution in [0.1, 0.15) is 116 Å². The molecule has 0 aromatic rings. The number of carbonyl (C=O) groups is 1. The van der Waals surface area contributed by atoms with Crippen LogP contribution in [0.5, 0.6) is 0 Å². The fourth-order valence-corrected chi connectivity index (χ4v) is 9.78. The topological polar surface area (TPSA) is 63.2 Å². The quantitative estimate of drug-likeness (QED) is 0.171. The first-order valence-electron chi connectivity index (χ1n) is 15.7. The van der Waals surface area contributed by atoms with E-state index < -0.39 is 0 Å². The number of alkyl halides is 1. The van der Waals surface area contributed by atoms with Crippen molar-refractivity contribution < 1.29 is 28.5 Å². The van der Waals surface area contributed by atoms with Gasteiger partial charge < -0.3 is 23.7 Å². The van der Waals surface area contributed by atoms with E-state index in [1.165, 1.54) is 75.1 Å². The maximum absolute atomic E-state index is 11.4. The van der Waals surface area contributed by atoms with Crippen LogP contribution < -0.4 is 0 Å². The minimum atomic E-state index is -0.252. The molecule has 0 N–H and O–H groups in total. The summed E-state index contributed by atoms with van der Waals surface area (Å²) in [5.41, 5.74) is 1.01. The Morgan fingerprint density at radius 3 is 1.82 bits per heavy atom. The molecule has 6 fully saturated rings. The van der Waals surface area contributed by atoms with Crippen LogP contribution in [0.25, 0.3) is 0 Å². The van der Waals surface area contributed by atoms with Gasteiger partial charge in [-0.05, 0) is 107 Å². The molecule has 4 aliphatic carbocycles. The zero-order valence-corrected chi connectivity index (χ0v) is 25.9. The highest BCUT2D eigenvalue weighted by Gasteiger charge is 2.52. The van der Waals surface area contributed by atoms with Crippen LogP contribution in [0.4, 0.5) is 0 Å². The van der Waals surface area contributed by atoms with Crippen molar-refractivity contribution >= 4 is 28.6 Å². The summed E-state index contributed by atoms with van der Waals surface area (Å²) >= 11 is 2.55. The second kappa shape index (κ2) is 12.9. The molecule has 4 spiro atoms. The Bertz CT molecular complexity index is 778. The molecule has 2 saturated heterocycles. The molecule has 6 nitrogen and oxygen atoms in total. The fraction of sp³-hybridized carbons (Fsp3) is 0.968. The number of hydrogen-bond donors (Lipinski definition) is 0. The van der Waals surface area contributed by atoms with E-state index in [1.54, 1.807) is 0 Å². The van der Waals surface area contributed by atoms with Gasteiger partial charge in [0.05, 0.1) is 33.0 Å². The summed E-state index contributed by atoms with van der Waals surface area (Å²) < 4.78 is 30.1. The van der Waals surface area contributed by atoms with Crippen LogP contribution in [-0.2, 0) is 28.5 Å². The molecule has 0 unspecified atom stereocenters. The summed E-state index contributed by atoms with van der Waals surface area (Å²) in [6.07, 6.45) is 20.6. The van der Waals surface area contributed by atoms with Crippen LogP contribution in [0.3, 0.4) is 0 Å². The average Bonchev–Trinajstić information content (AvgIpc) is 3.70. The third-order valence-electron chi connectivity index (χ3n) is 10.6. The number of esters is 1. The molecule has 38 heavy (non-hydrogen) atoms. The zero-order chi connectivity index (χ0) is 26.5. The van der Waals surface area contributed by atoms with Crippen molar-refractivity contribution in [3.8, 4) is 0 Å². The Morgan fingerprint density at radius 1 is 0.789 bits per heavy atom. The van der Waals surface area contributed by atoms with E-state index in [2.05, 4.69) is 22.6 Å². The van der Waals surface area contributed by atoms with Gasteiger partial charge in [-0.15, -0.1) is 0 Å². The predicted molar refractivity (Wildman–Crippen MR) is 155 cm³/mol. The summed E-state index contributed by atoms with van der Waals surface area (Å²) in [7, 11) is 0. The molecule has 4 saturated carbocycles. The highest BCUT2D eigenvalue weighted by atomic mass is 127. The van der Waals surface area contributed by atoms with Crippen molar-refractivity contribution in [3.63, 3.8) is 0 Å². The van der Waals surface area contributed by atoms with E-state index in [0.717, 1.165) is 70.4 Å². The molecular formula is C31H51IO6. The Kier molecular flexibility index (Phi) is 10.0. The van der Waals surface area contributed by atoms with E-state index >= 15 is 0 Å². The molecule has 0 amide bonds. The summed E-state index contributed by atoms with van der Waals surface area (Å²) in [6, 6.07) is 0. The highest BCUT2D eigenvalue weighted by Crippen LogP contribution is 2.57. The summed E-state index contributed by atoms with van der Waals surface area (Å²) in [4.78, 5) is 11.4. The third kappa shape index (κ3) is 7.08. The molecule has 218 valence electrons. The lowest BCUT2D eigenvalue weighted by molar-refractivity contribution is -0.202. The average molecular weight is 647 g/mol. The molecule has 6 rings (SSSR count). The number of rotatable bonds is 6. The normalized spacial score (nSPS) is 37.2. The molecule has 0 aromatic heterocycles. The Balaban J connectivity index is 0.000000162. The lowest BCUT2D eigenvalue weighted by atomic mass is 9.69. The van der Waals surface area contributed by atoms with Crippen molar-refractivity contribution in [3.05, 3.63) is 0 Å². The number of halogens is 1. The molecule has 4 atom stereocenters. The van der Waals surface area contributed by atoms with Gasteiger partial charge in [0.25, 0.3) is 0 Å².